The van der Waals surface area contributed by atoms with Crippen LogP contribution in [-0.2, 0) is 16.1 Å². The molecular weight excluding hydrogens is 314 g/mol. The molecule has 0 saturated heterocycles. The summed E-state index contributed by atoms with van der Waals surface area (Å²) in [5.74, 6) is -0.0126. The monoisotopic (exact) mass is 329 g/mol. The summed E-state index contributed by atoms with van der Waals surface area (Å²) in [5, 5.41) is 3.54. The average molecular weight is 330 g/mol. The van der Waals surface area contributed by atoms with E-state index in [0.29, 0.717) is 17.4 Å². The third-order valence-electron chi connectivity index (χ3n) is 3.96. The third-order valence-corrected chi connectivity index (χ3v) is 4.21. The van der Waals surface area contributed by atoms with Gasteiger partial charge in [-0.05, 0) is 36.8 Å². The molecule has 23 heavy (non-hydrogen) atoms. The lowest BCUT2D eigenvalue weighted by molar-refractivity contribution is -0.134. The van der Waals surface area contributed by atoms with E-state index in [1.54, 1.807) is 42.3 Å². The molecule has 0 radical (unpaired) electrons. The van der Waals surface area contributed by atoms with Crippen LogP contribution in [-0.4, -0.2) is 28.1 Å². The number of carbonyl (C=O) groups excluding carboxylic acids is 2. The van der Waals surface area contributed by atoms with Crippen LogP contribution < -0.4 is 5.32 Å². The first kappa shape index (κ1) is 15.5. The Hall–Kier alpha value is -2.40. The zero-order valence-electron chi connectivity index (χ0n) is 12.6. The van der Waals surface area contributed by atoms with E-state index in [0.717, 1.165) is 5.56 Å². The molecule has 0 saturated carbocycles. The zero-order chi connectivity index (χ0) is 16.4. The molecule has 2 amide bonds. The fourth-order valence-corrected chi connectivity index (χ4v) is 2.78. The molecular formula is C17H16ClN3O2. The lowest BCUT2D eigenvalue weighted by Crippen LogP contribution is -2.59. The Morgan fingerprint density at radius 3 is 2.83 bits per heavy atom. The second-order valence-corrected chi connectivity index (χ2v) is 6.13. The van der Waals surface area contributed by atoms with E-state index >= 15 is 0 Å². The summed E-state index contributed by atoms with van der Waals surface area (Å²) >= 11 is 5.85. The molecule has 1 aromatic rings. The molecule has 1 N–H and O–H groups in total. The maximum absolute atomic E-state index is 12.7. The average Bonchev–Trinajstić information content (AvgIpc) is 2.54. The number of nitrogens with zero attached hydrogens (tertiary/aromatic N) is 2. The van der Waals surface area contributed by atoms with Gasteiger partial charge in [0.05, 0.1) is 6.42 Å². The summed E-state index contributed by atoms with van der Waals surface area (Å²) < 4.78 is 0. The largest absolute Gasteiger partial charge is 0.350 e. The van der Waals surface area contributed by atoms with Crippen molar-refractivity contribution in [1.29, 1.82) is 0 Å². The van der Waals surface area contributed by atoms with Gasteiger partial charge in [0, 0.05) is 17.8 Å². The SMILES string of the molecule is CC1(C(=O)NCc2ccc(Cl)cc2)CC(=O)N=C2C=CC=CN21. The number of amidine groups is 1. The number of aliphatic imine (C=N–C) groups is 1. The van der Waals surface area contributed by atoms with Gasteiger partial charge in [-0.1, -0.05) is 29.8 Å². The van der Waals surface area contributed by atoms with Gasteiger partial charge in [-0.15, -0.1) is 0 Å². The molecule has 2 heterocycles. The second kappa shape index (κ2) is 6.01. The third kappa shape index (κ3) is 3.05. The van der Waals surface area contributed by atoms with Gasteiger partial charge < -0.3 is 10.2 Å². The van der Waals surface area contributed by atoms with Crippen molar-refractivity contribution >= 4 is 29.3 Å². The number of hydrogen-bond donors (Lipinski definition) is 1. The molecule has 1 atom stereocenters. The van der Waals surface area contributed by atoms with E-state index in [2.05, 4.69) is 10.3 Å². The summed E-state index contributed by atoms with van der Waals surface area (Å²) in [6.07, 6.45) is 7.15. The number of amides is 2. The fraction of sp³-hybridized carbons (Fsp3) is 0.235. The lowest BCUT2D eigenvalue weighted by Gasteiger charge is -2.41. The van der Waals surface area contributed by atoms with Gasteiger partial charge in [-0.25, -0.2) is 0 Å². The molecule has 1 aromatic carbocycles. The minimum atomic E-state index is -0.984. The van der Waals surface area contributed by atoms with Crippen molar-refractivity contribution in [3.63, 3.8) is 0 Å². The number of allylic oxidation sites excluding steroid dienone is 2. The molecule has 1 unspecified atom stereocenters. The Labute approximate surface area is 139 Å². The molecule has 118 valence electrons. The maximum Gasteiger partial charge on any atom is 0.250 e. The minimum absolute atomic E-state index is 0.0428. The van der Waals surface area contributed by atoms with E-state index in [1.807, 2.05) is 18.2 Å². The molecule has 0 spiro atoms. The summed E-state index contributed by atoms with van der Waals surface area (Å²) in [6.45, 7) is 2.12. The first-order valence-corrected chi connectivity index (χ1v) is 7.65. The van der Waals surface area contributed by atoms with Gasteiger partial charge in [0.2, 0.25) is 5.91 Å². The number of rotatable bonds is 3. The molecule has 2 aliphatic heterocycles. The smallest absolute Gasteiger partial charge is 0.250 e. The van der Waals surface area contributed by atoms with Gasteiger partial charge in [0.1, 0.15) is 11.4 Å². The number of nitrogens with one attached hydrogen (secondary N) is 1. The van der Waals surface area contributed by atoms with Crippen LogP contribution in [0.4, 0.5) is 0 Å². The fourth-order valence-electron chi connectivity index (χ4n) is 2.65. The predicted molar refractivity (Wildman–Crippen MR) is 88.9 cm³/mol. The van der Waals surface area contributed by atoms with Crippen molar-refractivity contribution in [2.45, 2.75) is 25.4 Å². The van der Waals surface area contributed by atoms with E-state index in [9.17, 15) is 9.59 Å². The van der Waals surface area contributed by atoms with E-state index in [1.165, 1.54) is 0 Å². The summed E-state index contributed by atoms with van der Waals surface area (Å²) in [7, 11) is 0. The van der Waals surface area contributed by atoms with Crippen LogP contribution in [0.3, 0.4) is 0 Å². The van der Waals surface area contributed by atoms with Crippen LogP contribution in [0.15, 0.2) is 53.7 Å². The van der Waals surface area contributed by atoms with E-state index in [4.69, 9.17) is 11.6 Å². The van der Waals surface area contributed by atoms with Gasteiger partial charge in [-0.3, -0.25) is 9.59 Å². The van der Waals surface area contributed by atoms with E-state index < -0.39 is 5.54 Å². The van der Waals surface area contributed by atoms with Gasteiger partial charge >= 0.3 is 0 Å². The van der Waals surface area contributed by atoms with Crippen molar-refractivity contribution in [1.82, 2.24) is 10.2 Å². The quantitative estimate of drug-likeness (QED) is 0.926. The number of hydrogen-bond acceptors (Lipinski definition) is 3. The predicted octanol–water partition coefficient (Wildman–Crippen LogP) is 2.43. The van der Waals surface area contributed by atoms with Crippen LogP contribution in [0.1, 0.15) is 18.9 Å². The summed E-state index contributed by atoms with van der Waals surface area (Å²) in [4.78, 5) is 30.3. The van der Waals surface area contributed by atoms with Crippen LogP contribution in [0.2, 0.25) is 5.02 Å². The number of fused-ring (bicyclic) bond motifs is 1. The van der Waals surface area contributed by atoms with Crippen LogP contribution in [0, 0.1) is 0 Å². The summed E-state index contributed by atoms with van der Waals surface area (Å²) in [6, 6.07) is 7.26. The highest BCUT2D eigenvalue weighted by atomic mass is 35.5. The molecule has 6 heteroatoms. The molecule has 0 bridgehead atoms. The number of carbonyl (C=O) groups is 2. The van der Waals surface area contributed by atoms with Crippen molar-refractivity contribution < 1.29 is 9.59 Å². The van der Waals surface area contributed by atoms with Crippen LogP contribution in [0.5, 0.6) is 0 Å². The summed E-state index contributed by atoms with van der Waals surface area (Å²) in [5.41, 5.74) is -0.0431. The second-order valence-electron chi connectivity index (χ2n) is 5.69. The standard InChI is InChI=1S/C17H16ClN3O2/c1-17(10-15(22)20-14-4-2-3-9-21(14)17)16(23)19-11-12-5-7-13(18)8-6-12/h2-9H,10-11H2,1H3,(H,19,23). The van der Waals surface area contributed by atoms with Gasteiger partial charge in [0.15, 0.2) is 0 Å². The minimum Gasteiger partial charge on any atom is -0.350 e. The van der Waals surface area contributed by atoms with Crippen molar-refractivity contribution in [2.75, 3.05) is 0 Å². The highest BCUT2D eigenvalue weighted by molar-refractivity contribution is 6.30. The van der Waals surface area contributed by atoms with Gasteiger partial charge in [-0.2, -0.15) is 4.99 Å². The lowest BCUT2D eigenvalue weighted by atomic mass is 9.91. The van der Waals surface area contributed by atoms with Crippen molar-refractivity contribution in [2.24, 2.45) is 4.99 Å². The Balaban J connectivity index is 1.76. The first-order chi connectivity index (χ1) is 11.0. The normalized spacial score (nSPS) is 22.6. The first-order valence-electron chi connectivity index (χ1n) is 7.27. The Kier molecular flexibility index (Phi) is 4.05. The number of halogens is 1. The zero-order valence-corrected chi connectivity index (χ0v) is 13.4. The van der Waals surface area contributed by atoms with Crippen molar-refractivity contribution in [3.05, 3.63) is 59.3 Å². The van der Waals surface area contributed by atoms with E-state index in [-0.39, 0.29) is 18.2 Å². The van der Waals surface area contributed by atoms with Crippen LogP contribution in [0.25, 0.3) is 0 Å². The highest BCUT2D eigenvalue weighted by Crippen LogP contribution is 2.28. The van der Waals surface area contributed by atoms with Gasteiger partial charge in [0.25, 0.3) is 5.91 Å². The number of benzene rings is 1. The molecule has 0 fully saturated rings. The van der Waals surface area contributed by atoms with Crippen LogP contribution >= 0.6 is 11.6 Å². The Morgan fingerprint density at radius 2 is 2.09 bits per heavy atom. The molecule has 5 nitrogen and oxygen atoms in total. The highest BCUT2D eigenvalue weighted by Gasteiger charge is 2.44. The molecule has 0 aliphatic carbocycles. The maximum atomic E-state index is 12.7. The van der Waals surface area contributed by atoms with Crippen molar-refractivity contribution in [3.8, 4) is 0 Å². The molecule has 3 rings (SSSR count). The molecule has 2 aliphatic rings. The Bertz CT molecular complexity index is 737. The topological polar surface area (TPSA) is 61.8 Å². The molecule has 0 aromatic heterocycles. The Morgan fingerprint density at radius 1 is 1.35 bits per heavy atom.